The highest BCUT2D eigenvalue weighted by Gasteiger charge is 2.14. The molecule has 0 spiro atoms. The summed E-state index contributed by atoms with van der Waals surface area (Å²) in [6.45, 7) is 0. The topological polar surface area (TPSA) is 64.3 Å². The van der Waals surface area contributed by atoms with E-state index in [0.29, 0.717) is 5.65 Å². The van der Waals surface area contributed by atoms with Gasteiger partial charge < -0.3 is 0 Å². The Bertz CT molecular complexity index is 544. The molecule has 0 N–H and O–H groups in total. The molecule has 0 amide bonds. The lowest BCUT2D eigenvalue weighted by atomic mass is 10.6. The highest BCUT2D eigenvalue weighted by atomic mass is 32.2. The third kappa shape index (κ3) is 1.29. The molecule has 0 atom stereocenters. The molecule has 0 saturated heterocycles. The van der Waals surface area contributed by atoms with Crippen LogP contribution in [0.25, 0.3) is 5.65 Å². The summed E-state index contributed by atoms with van der Waals surface area (Å²) in [5, 5.41) is 3.86. The van der Waals surface area contributed by atoms with Gasteiger partial charge in [-0.2, -0.15) is 5.10 Å². The average Bonchev–Trinajstić information content (AvgIpc) is 2.45. The minimum atomic E-state index is -3.23. The Hall–Kier alpha value is -1.43. The van der Waals surface area contributed by atoms with Gasteiger partial charge in [-0.1, -0.05) is 0 Å². The predicted molar refractivity (Wildman–Crippen MR) is 46.1 cm³/mol. The summed E-state index contributed by atoms with van der Waals surface area (Å²) in [6.07, 6.45) is 5.62. The van der Waals surface area contributed by atoms with Gasteiger partial charge in [0.15, 0.2) is 15.5 Å². The molecule has 6 heteroatoms. The summed E-state index contributed by atoms with van der Waals surface area (Å²) in [7, 11) is -3.23. The van der Waals surface area contributed by atoms with Crippen LogP contribution < -0.4 is 0 Å². The molecule has 0 aromatic carbocycles. The van der Waals surface area contributed by atoms with Crippen molar-refractivity contribution in [2.24, 2.45) is 0 Å². The van der Waals surface area contributed by atoms with Gasteiger partial charge in [0.1, 0.15) is 4.90 Å². The maximum Gasteiger partial charge on any atom is 0.180 e. The smallest absolute Gasteiger partial charge is 0.180 e. The molecule has 13 heavy (non-hydrogen) atoms. The van der Waals surface area contributed by atoms with Crippen LogP contribution >= 0.6 is 0 Å². The zero-order valence-electron chi connectivity index (χ0n) is 6.88. The molecule has 2 aromatic heterocycles. The second kappa shape index (κ2) is 2.53. The number of hydrogen-bond donors (Lipinski definition) is 0. The van der Waals surface area contributed by atoms with E-state index >= 15 is 0 Å². The Kier molecular flexibility index (Phi) is 1.59. The number of sulfone groups is 1. The van der Waals surface area contributed by atoms with E-state index in [0.717, 1.165) is 6.26 Å². The van der Waals surface area contributed by atoms with Crippen LogP contribution in [0, 0.1) is 0 Å². The van der Waals surface area contributed by atoms with Gasteiger partial charge in [-0.05, 0) is 6.07 Å². The van der Waals surface area contributed by atoms with Gasteiger partial charge in [-0.15, -0.1) is 0 Å². The monoisotopic (exact) mass is 197 g/mol. The average molecular weight is 197 g/mol. The van der Waals surface area contributed by atoms with Crippen molar-refractivity contribution in [2.75, 3.05) is 6.26 Å². The van der Waals surface area contributed by atoms with Crippen molar-refractivity contribution >= 4 is 15.5 Å². The van der Waals surface area contributed by atoms with E-state index in [1.54, 1.807) is 12.3 Å². The summed E-state index contributed by atoms with van der Waals surface area (Å²) in [5.41, 5.74) is 0.366. The Labute approximate surface area is 74.9 Å². The molecule has 0 radical (unpaired) electrons. The van der Waals surface area contributed by atoms with Gasteiger partial charge in [0.2, 0.25) is 0 Å². The Morgan fingerprint density at radius 1 is 1.46 bits per heavy atom. The number of nitrogens with zero attached hydrogens (tertiary/aromatic N) is 3. The molecule has 68 valence electrons. The fourth-order valence-corrected chi connectivity index (χ4v) is 1.78. The van der Waals surface area contributed by atoms with Crippen LogP contribution in [0.15, 0.2) is 29.6 Å². The SMILES string of the molecule is CS(=O)(=O)c1cnn2cccnc12. The number of hydrogen-bond acceptors (Lipinski definition) is 4. The third-order valence-corrected chi connectivity index (χ3v) is 2.73. The van der Waals surface area contributed by atoms with Gasteiger partial charge >= 0.3 is 0 Å². The van der Waals surface area contributed by atoms with Crippen LogP contribution in [0.1, 0.15) is 0 Å². The minimum absolute atomic E-state index is 0.160. The van der Waals surface area contributed by atoms with Crippen LogP contribution in [0.3, 0.4) is 0 Å². The summed E-state index contributed by atoms with van der Waals surface area (Å²) in [5.74, 6) is 0. The van der Waals surface area contributed by atoms with Crippen molar-refractivity contribution in [1.82, 2.24) is 14.6 Å². The van der Waals surface area contributed by atoms with Crippen LogP contribution in [-0.2, 0) is 9.84 Å². The molecule has 0 aliphatic rings. The van der Waals surface area contributed by atoms with E-state index in [9.17, 15) is 8.42 Å². The largest absolute Gasteiger partial charge is 0.236 e. The maximum atomic E-state index is 11.2. The lowest BCUT2D eigenvalue weighted by Gasteiger charge is -1.93. The fourth-order valence-electron chi connectivity index (χ4n) is 1.07. The van der Waals surface area contributed by atoms with Gasteiger partial charge in [-0.25, -0.2) is 17.9 Å². The summed E-state index contributed by atoms with van der Waals surface area (Å²) in [4.78, 5) is 4.09. The van der Waals surface area contributed by atoms with Crippen molar-refractivity contribution in [3.8, 4) is 0 Å². The van der Waals surface area contributed by atoms with Crippen LogP contribution in [-0.4, -0.2) is 29.3 Å². The molecule has 2 heterocycles. The van der Waals surface area contributed by atoms with E-state index in [1.165, 1.54) is 16.9 Å². The number of rotatable bonds is 1. The Balaban J connectivity index is 2.87. The number of fused-ring (bicyclic) bond motifs is 1. The molecular formula is C7H7N3O2S. The van der Waals surface area contributed by atoms with Gasteiger partial charge in [0.05, 0.1) is 6.20 Å². The predicted octanol–water partition coefficient (Wildman–Crippen LogP) is 0.133. The first kappa shape index (κ1) is 8.18. The second-order valence-corrected chi connectivity index (χ2v) is 4.65. The maximum absolute atomic E-state index is 11.2. The van der Waals surface area contributed by atoms with Crippen molar-refractivity contribution in [1.29, 1.82) is 0 Å². The Morgan fingerprint density at radius 2 is 2.23 bits per heavy atom. The summed E-state index contributed by atoms with van der Waals surface area (Å²) >= 11 is 0. The standard InChI is InChI=1S/C7H7N3O2S/c1-13(11,12)6-5-9-10-4-2-3-8-7(6)10/h2-5H,1H3. The molecular weight excluding hydrogens is 190 g/mol. The molecule has 5 nitrogen and oxygen atoms in total. The quantitative estimate of drug-likeness (QED) is 0.652. The van der Waals surface area contributed by atoms with Crippen LogP contribution in [0.4, 0.5) is 0 Å². The Morgan fingerprint density at radius 3 is 2.92 bits per heavy atom. The molecule has 0 fully saturated rings. The van der Waals surface area contributed by atoms with E-state index in [-0.39, 0.29) is 4.90 Å². The lowest BCUT2D eigenvalue weighted by Crippen LogP contribution is -1.97. The highest BCUT2D eigenvalue weighted by Crippen LogP contribution is 2.12. The van der Waals surface area contributed by atoms with Gasteiger partial charge in [0, 0.05) is 18.6 Å². The fraction of sp³-hybridized carbons (Fsp3) is 0.143. The molecule has 0 aliphatic heterocycles. The molecule has 0 bridgehead atoms. The summed E-state index contributed by atoms with van der Waals surface area (Å²) < 4.78 is 23.9. The molecule has 0 unspecified atom stereocenters. The first-order valence-corrected chi connectivity index (χ1v) is 5.46. The first-order chi connectivity index (χ1) is 6.09. The highest BCUT2D eigenvalue weighted by molar-refractivity contribution is 7.90. The molecule has 0 saturated carbocycles. The molecule has 2 rings (SSSR count). The van der Waals surface area contributed by atoms with Crippen molar-refractivity contribution < 1.29 is 8.42 Å². The van der Waals surface area contributed by atoms with Gasteiger partial charge in [-0.3, -0.25) is 0 Å². The molecule has 0 aliphatic carbocycles. The minimum Gasteiger partial charge on any atom is -0.236 e. The van der Waals surface area contributed by atoms with Crippen molar-refractivity contribution in [2.45, 2.75) is 4.90 Å². The summed E-state index contributed by atoms with van der Waals surface area (Å²) in [6, 6.07) is 1.69. The third-order valence-electron chi connectivity index (χ3n) is 1.65. The zero-order chi connectivity index (χ0) is 9.47. The van der Waals surface area contributed by atoms with Gasteiger partial charge in [0.25, 0.3) is 0 Å². The second-order valence-electron chi connectivity index (χ2n) is 2.67. The van der Waals surface area contributed by atoms with E-state index in [1.807, 2.05) is 0 Å². The molecule has 2 aromatic rings. The van der Waals surface area contributed by atoms with Crippen molar-refractivity contribution in [3.05, 3.63) is 24.7 Å². The lowest BCUT2D eigenvalue weighted by molar-refractivity contribution is 0.602. The van der Waals surface area contributed by atoms with Crippen molar-refractivity contribution in [3.63, 3.8) is 0 Å². The normalized spacial score (nSPS) is 12.1. The first-order valence-electron chi connectivity index (χ1n) is 3.57. The van der Waals surface area contributed by atoms with E-state index < -0.39 is 9.84 Å². The van der Waals surface area contributed by atoms with E-state index in [2.05, 4.69) is 10.1 Å². The number of aromatic nitrogens is 3. The van der Waals surface area contributed by atoms with Crippen LogP contribution in [0.5, 0.6) is 0 Å². The van der Waals surface area contributed by atoms with E-state index in [4.69, 9.17) is 0 Å². The zero-order valence-corrected chi connectivity index (χ0v) is 7.69. The van der Waals surface area contributed by atoms with Crippen LogP contribution in [0.2, 0.25) is 0 Å².